The van der Waals surface area contributed by atoms with E-state index in [-0.39, 0.29) is 0 Å². The number of nitrogens with zero attached hydrogens (tertiary/aromatic N) is 1. The third-order valence-electron chi connectivity index (χ3n) is 5.39. The van der Waals surface area contributed by atoms with Crippen LogP contribution in [0.25, 0.3) is 0 Å². The quantitative estimate of drug-likeness (QED) is 0.682. The standard InChI is InChI=1S/C15H30NP/c1-12(16(2)3)14-10-7-11-15(14)17(4)13-8-5-6-9-13/h12-15H,5-11H2,1-4H3/t12-,14?,15+,17+/m1/s1. The van der Waals surface area contributed by atoms with Gasteiger partial charge in [0.1, 0.15) is 0 Å². The summed E-state index contributed by atoms with van der Waals surface area (Å²) >= 11 is 0. The molecule has 0 heterocycles. The zero-order valence-electron chi connectivity index (χ0n) is 12.2. The van der Waals surface area contributed by atoms with Crippen LogP contribution in [0.5, 0.6) is 0 Å². The van der Waals surface area contributed by atoms with E-state index < -0.39 is 0 Å². The highest BCUT2D eigenvalue weighted by molar-refractivity contribution is 7.58. The Labute approximate surface area is 109 Å². The minimum absolute atomic E-state index is 0.294. The minimum Gasteiger partial charge on any atom is -0.306 e. The van der Waals surface area contributed by atoms with Crippen molar-refractivity contribution in [3.63, 3.8) is 0 Å². The number of hydrogen-bond acceptors (Lipinski definition) is 1. The molecule has 2 aliphatic carbocycles. The fourth-order valence-corrected chi connectivity index (χ4v) is 7.32. The summed E-state index contributed by atoms with van der Waals surface area (Å²) in [4.78, 5) is 2.45. The van der Waals surface area contributed by atoms with Crippen molar-refractivity contribution in [1.82, 2.24) is 4.90 Å². The third kappa shape index (κ3) is 3.04. The molecule has 1 nitrogen and oxygen atoms in total. The van der Waals surface area contributed by atoms with Gasteiger partial charge in [0.2, 0.25) is 0 Å². The molecule has 0 radical (unpaired) electrons. The molecule has 0 aliphatic heterocycles. The van der Waals surface area contributed by atoms with E-state index in [9.17, 15) is 0 Å². The second kappa shape index (κ2) is 6.02. The van der Waals surface area contributed by atoms with Crippen molar-refractivity contribution < 1.29 is 0 Å². The Bertz CT molecular complexity index is 235. The first kappa shape index (κ1) is 13.8. The summed E-state index contributed by atoms with van der Waals surface area (Å²) in [6.07, 6.45) is 10.6. The Morgan fingerprint density at radius 3 is 2.24 bits per heavy atom. The van der Waals surface area contributed by atoms with Crippen molar-refractivity contribution in [2.24, 2.45) is 5.92 Å². The lowest BCUT2D eigenvalue weighted by molar-refractivity contribution is 0.232. The first-order chi connectivity index (χ1) is 8.11. The Balaban J connectivity index is 1.98. The van der Waals surface area contributed by atoms with Gasteiger partial charge in [-0.1, -0.05) is 19.3 Å². The van der Waals surface area contributed by atoms with E-state index in [1.807, 2.05) is 0 Å². The molecule has 0 bridgehead atoms. The Morgan fingerprint density at radius 1 is 1.00 bits per heavy atom. The summed E-state index contributed by atoms with van der Waals surface area (Å²) in [7, 11) is 4.81. The van der Waals surface area contributed by atoms with E-state index >= 15 is 0 Å². The van der Waals surface area contributed by atoms with Crippen LogP contribution in [-0.2, 0) is 0 Å². The maximum Gasteiger partial charge on any atom is 0.00951 e. The average molecular weight is 255 g/mol. The van der Waals surface area contributed by atoms with Crippen LogP contribution in [-0.4, -0.2) is 43.0 Å². The maximum absolute atomic E-state index is 2.62. The molecule has 2 heteroatoms. The maximum atomic E-state index is 2.62. The molecule has 0 amide bonds. The molecule has 0 aromatic heterocycles. The topological polar surface area (TPSA) is 3.24 Å². The average Bonchev–Trinajstić information content (AvgIpc) is 2.97. The van der Waals surface area contributed by atoms with Crippen molar-refractivity contribution in [2.45, 2.75) is 69.2 Å². The molecular formula is C15H30NP. The second-order valence-corrected chi connectivity index (χ2v) is 9.19. The van der Waals surface area contributed by atoms with Gasteiger partial charge in [0.05, 0.1) is 0 Å². The van der Waals surface area contributed by atoms with Crippen molar-refractivity contribution in [1.29, 1.82) is 0 Å². The largest absolute Gasteiger partial charge is 0.306 e. The summed E-state index contributed by atoms with van der Waals surface area (Å²) in [6, 6.07) is 0.786. The van der Waals surface area contributed by atoms with E-state index in [0.29, 0.717) is 7.92 Å². The van der Waals surface area contributed by atoms with Crippen LogP contribution in [0.2, 0.25) is 0 Å². The Kier molecular flexibility index (Phi) is 4.89. The monoisotopic (exact) mass is 255 g/mol. The van der Waals surface area contributed by atoms with Crippen molar-refractivity contribution in [3.05, 3.63) is 0 Å². The molecule has 0 N–H and O–H groups in total. The lowest BCUT2D eigenvalue weighted by Gasteiger charge is -2.36. The zero-order valence-corrected chi connectivity index (χ0v) is 13.0. The number of rotatable bonds is 4. The van der Waals surface area contributed by atoms with E-state index in [1.165, 1.54) is 32.1 Å². The molecule has 0 saturated heterocycles. The van der Waals surface area contributed by atoms with Gasteiger partial charge in [-0.05, 0) is 70.6 Å². The summed E-state index contributed by atoms with van der Waals surface area (Å²) in [5.41, 5.74) is 2.19. The SMILES string of the molecule is C[C@H](C1CCC[C@@H]1[P@@](C)C1CCCC1)N(C)C. The highest BCUT2D eigenvalue weighted by Crippen LogP contribution is 2.57. The molecule has 2 fully saturated rings. The van der Waals surface area contributed by atoms with Gasteiger partial charge in [-0.3, -0.25) is 0 Å². The van der Waals surface area contributed by atoms with Gasteiger partial charge < -0.3 is 4.90 Å². The normalized spacial score (nSPS) is 34.4. The first-order valence-electron chi connectivity index (χ1n) is 7.49. The highest BCUT2D eigenvalue weighted by atomic mass is 31.1. The second-order valence-electron chi connectivity index (χ2n) is 6.47. The van der Waals surface area contributed by atoms with Crippen LogP contribution in [0.4, 0.5) is 0 Å². The molecule has 1 unspecified atom stereocenters. The van der Waals surface area contributed by atoms with Crippen LogP contribution in [0, 0.1) is 5.92 Å². The van der Waals surface area contributed by atoms with Crippen LogP contribution in [0.3, 0.4) is 0 Å². The van der Waals surface area contributed by atoms with E-state index in [1.54, 1.807) is 12.8 Å². The van der Waals surface area contributed by atoms with Gasteiger partial charge in [-0.25, -0.2) is 0 Å². The molecular weight excluding hydrogens is 225 g/mol. The Morgan fingerprint density at radius 2 is 1.65 bits per heavy atom. The first-order valence-corrected chi connectivity index (χ1v) is 9.42. The summed E-state index contributed by atoms with van der Waals surface area (Å²) in [5.74, 6) is 0.988. The Hall–Kier alpha value is 0.390. The fraction of sp³-hybridized carbons (Fsp3) is 1.00. The van der Waals surface area contributed by atoms with Crippen molar-refractivity contribution >= 4 is 7.92 Å². The van der Waals surface area contributed by atoms with Crippen LogP contribution in [0.15, 0.2) is 0 Å². The third-order valence-corrected chi connectivity index (χ3v) is 8.75. The fourth-order valence-electron chi connectivity index (χ4n) is 4.00. The molecule has 0 aromatic carbocycles. The van der Waals surface area contributed by atoms with Crippen LogP contribution >= 0.6 is 7.92 Å². The van der Waals surface area contributed by atoms with E-state index in [0.717, 1.165) is 23.3 Å². The molecule has 2 aliphatic rings. The molecule has 2 saturated carbocycles. The highest BCUT2D eigenvalue weighted by Gasteiger charge is 2.38. The van der Waals surface area contributed by atoms with Gasteiger partial charge in [0, 0.05) is 6.04 Å². The van der Waals surface area contributed by atoms with Gasteiger partial charge >= 0.3 is 0 Å². The van der Waals surface area contributed by atoms with Crippen LogP contribution < -0.4 is 0 Å². The molecule has 0 aromatic rings. The predicted molar refractivity (Wildman–Crippen MR) is 79.4 cm³/mol. The van der Waals surface area contributed by atoms with Gasteiger partial charge in [-0.15, -0.1) is 7.92 Å². The van der Waals surface area contributed by atoms with Crippen molar-refractivity contribution in [2.75, 3.05) is 20.8 Å². The lowest BCUT2D eigenvalue weighted by Crippen LogP contribution is -2.36. The summed E-state index contributed by atoms with van der Waals surface area (Å²) in [5, 5.41) is 0. The van der Waals surface area contributed by atoms with Crippen molar-refractivity contribution in [3.8, 4) is 0 Å². The molecule has 2 rings (SSSR count). The van der Waals surface area contributed by atoms with Gasteiger partial charge in [-0.2, -0.15) is 0 Å². The van der Waals surface area contributed by atoms with E-state index in [4.69, 9.17) is 0 Å². The molecule has 100 valence electrons. The summed E-state index contributed by atoms with van der Waals surface area (Å²) < 4.78 is 0. The zero-order chi connectivity index (χ0) is 12.4. The molecule has 0 spiro atoms. The number of hydrogen-bond donors (Lipinski definition) is 0. The smallest absolute Gasteiger partial charge is 0.00951 e. The minimum atomic E-state index is 0.294. The molecule has 4 atom stereocenters. The lowest BCUT2D eigenvalue weighted by atomic mass is 9.98. The molecule has 17 heavy (non-hydrogen) atoms. The summed E-state index contributed by atoms with van der Waals surface area (Å²) in [6.45, 7) is 5.07. The van der Waals surface area contributed by atoms with Gasteiger partial charge in [0.25, 0.3) is 0 Å². The van der Waals surface area contributed by atoms with Gasteiger partial charge in [0.15, 0.2) is 0 Å². The van der Waals surface area contributed by atoms with E-state index in [2.05, 4.69) is 32.6 Å². The van der Waals surface area contributed by atoms with Crippen LogP contribution in [0.1, 0.15) is 51.9 Å². The predicted octanol–water partition coefficient (Wildman–Crippen LogP) is 4.16.